The summed E-state index contributed by atoms with van der Waals surface area (Å²) in [5.41, 5.74) is 7.52. The number of fused-ring (bicyclic) bond motifs is 3. The van der Waals surface area contributed by atoms with Gasteiger partial charge in [-0.15, -0.1) is 11.3 Å². The number of thiophene rings is 1. The van der Waals surface area contributed by atoms with Crippen molar-refractivity contribution in [2.45, 2.75) is 0 Å². The summed E-state index contributed by atoms with van der Waals surface area (Å²) in [5.74, 6) is 0. The lowest BCUT2D eigenvalue weighted by molar-refractivity contribution is 1.33. The Morgan fingerprint density at radius 3 is 2.03 bits per heavy atom. The molecular weight excluding hydrogens is 446 g/mol. The quantitative estimate of drug-likeness (QED) is 0.246. The van der Waals surface area contributed by atoms with Crippen LogP contribution in [0.1, 0.15) is 5.56 Å². The van der Waals surface area contributed by atoms with Crippen LogP contribution in [0.5, 0.6) is 0 Å². The molecule has 0 amide bonds. The molecule has 2 aromatic heterocycles. The highest BCUT2D eigenvalue weighted by Crippen LogP contribution is 2.44. The van der Waals surface area contributed by atoms with Gasteiger partial charge in [0.15, 0.2) is 5.69 Å². The van der Waals surface area contributed by atoms with E-state index in [1.54, 1.807) is 23.6 Å². The van der Waals surface area contributed by atoms with Gasteiger partial charge in [-0.05, 0) is 57.6 Å². The molecule has 4 aromatic carbocycles. The average Bonchev–Trinajstić information content (AvgIpc) is 3.32. The van der Waals surface area contributed by atoms with Gasteiger partial charge in [0.05, 0.1) is 12.6 Å². The van der Waals surface area contributed by atoms with Crippen LogP contribution in [0, 0.1) is 17.9 Å². The second kappa shape index (κ2) is 8.54. The first-order chi connectivity index (χ1) is 17.2. The molecule has 0 fully saturated rings. The topological polar surface area (TPSA) is 41.0 Å². The minimum Gasteiger partial charge on any atom is -0.264 e. The Morgan fingerprint density at radius 1 is 0.714 bits per heavy atom. The van der Waals surface area contributed by atoms with E-state index in [1.807, 2.05) is 24.4 Å². The molecule has 4 heteroatoms. The molecule has 0 N–H and O–H groups in total. The number of benzene rings is 4. The summed E-state index contributed by atoms with van der Waals surface area (Å²) in [6.07, 6.45) is 3.66. The molecule has 0 aliphatic carbocycles. The highest BCUT2D eigenvalue weighted by molar-refractivity contribution is 7.26. The van der Waals surface area contributed by atoms with Crippen LogP contribution in [0.4, 0.5) is 5.69 Å². The second-order valence-corrected chi connectivity index (χ2v) is 9.30. The van der Waals surface area contributed by atoms with Gasteiger partial charge in [0.25, 0.3) is 0 Å². The first-order valence-corrected chi connectivity index (χ1v) is 11.9. The molecule has 6 aromatic rings. The molecule has 0 spiro atoms. The Bertz CT molecular complexity index is 1770. The number of nitrogens with zero attached hydrogens (tertiary/aromatic N) is 3. The van der Waals surface area contributed by atoms with Gasteiger partial charge in [-0.2, -0.15) is 5.26 Å². The van der Waals surface area contributed by atoms with Crippen molar-refractivity contribution in [1.29, 1.82) is 5.26 Å². The van der Waals surface area contributed by atoms with Crippen molar-refractivity contribution in [3.05, 3.63) is 120 Å². The van der Waals surface area contributed by atoms with Crippen molar-refractivity contribution in [2.24, 2.45) is 0 Å². The van der Waals surface area contributed by atoms with E-state index >= 15 is 0 Å². The molecular formula is C31H17N3S. The van der Waals surface area contributed by atoms with Crippen molar-refractivity contribution in [3.63, 3.8) is 0 Å². The summed E-state index contributed by atoms with van der Waals surface area (Å²) in [6, 6.07) is 32.9. The van der Waals surface area contributed by atoms with E-state index in [1.165, 1.54) is 21.0 Å². The summed E-state index contributed by atoms with van der Waals surface area (Å²) in [5, 5.41) is 11.9. The van der Waals surface area contributed by atoms with Crippen LogP contribution < -0.4 is 0 Å². The predicted molar refractivity (Wildman–Crippen MR) is 144 cm³/mol. The first kappa shape index (κ1) is 20.8. The van der Waals surface area contributed by atoms with Gasteiger partial charge < -0.3 is 0 Å². The largest absolute Gasteiger partial charge is 0.264 e. The highest BCUT2D eigenvalue weighted by Gasteiger charge is 2.14. The maximum absolute atomic E-state index is 9.46. The van der Waals surface area contributed by atoms with E-state index in [-0.39, 0.29) is 0 Å². The third-order valence-electron chi connectivity index (χ3n) is 6.20. The lowest BCUT2D eigenvalue weighted by atomic mass is 9.98. The van der Waals surface area contributed by atoms with Crippen molar-refractivity contribution in [1.82, 2.24) is 4.98 Å². The van der Waals surface area contributed by atoms with Crippen LogP contribution in [-0.4, -0.2) is 4.98 Å². The third-order valence-corrected chi connectivity index (χ3v) is 7.49. The first-order valence-electron chi connectivity index (χ1n) is 11.1. The van der Waals surface area contributed by atoms with E-state index in [4.69, 9.17) is 6.57 Å². The van der Waals surface area contributed by atoms with Gasteiger partial charge in [0.2, 0.25) is 0 Å². The minimum absolute atomic E-state index is 0.478. The van der Waals surface area contributed by atoms with E-state index in [0.29, 0.717) is 11.3 Å². The predicted octanol–water partition coefficient (Wildman–Crippen LogP) is 8.87. The molecule has 0 atom stereocenters. The number of rotatable bonds is 3. The number of aromatic nitrogens is 1. The highest BCUT2D eigenvalue weighted by atomic mass is 32.1. The maximum atomic E-state index is 9.46. The fraction of sp³-hybridized carbons (Fsp3) is 0. The molecule has 0 radical (unpaired) electrons. The third kappa shape index (κ3) is 3.63. The van der Waals surface area contributed by atoms with Gasteiger partial charge in [-0.3, -0.25) is 4.98 Å². The fourth-order valence-electron chi connectivity index (χ4n) is 4.55. The standard InChI is InChI=1S/C31H17N3S/c1-33-25-16-20(18-32)15-24(17-25)27-7-3-9-29-28-8-2-6-26(30(28)35-31(27)29)22-12-10-21(11-13-22)23-5-4-14-34-19-23/h2-17,19H. The number of hydrogen-bond acceptors (Lipinski definition) is 3. The number of hydrogen-bond donors (Lipinski definition) is 0. The van der Waals surface area contributed by atoms with E-state index in [9.17, 15) is 5.26 Å². The van der Waals surface area contributed by atoms with Gasteiger partial charge >= 0.3 is 0 Å². The molecule has 0 saturated heterocycles. The molecule has 2 heterocycles. The maximum Gasteiger partial charge on any atom is 0.189 e. The number of nitriles is 1. The van der Waals surface area contributed by atoms with Crippen molar-refractivity contribution in [3.8, 4) is 39.4 Å². The normalized spacial score (nSPS) is 10.8. The van der Waals surface area contributed by atoms with E-state index in [0.717, 1.165) is 32.5 Å². The zero-order chi connectivity index (χ0) is 23.8. The molecule has 3 nitrogen and oxygen atoms in total. The van der Waals surface area contributed by atoms with Crippen LogP contribution in [0.2, 0.25) is 0 Å². The van der Waals surface area contributed by atoms with Gasteiger partial charge in [0, 0.05) is 38.1 Å². The monoisotopic (exact) mass is 463 g/mol. The van der Waals surface area contributed by atoms with Crippen LogP contribution in [0.3, 0.4) is 0 Å². The minimum atomic E-state index is 0.478. The Labute approximate surface area is 207 Å². The van der Waals surface area contributed by atoms with Gasteiger partial charge in [-0.25, -0.2) is 4.85 Å². The second-order valence-electron chi connectivity index (χ2n) is 8.28. The smallest absolute Gasteiger partial charge is 0.189 e. The molecule has 0 bridgehead atoms. The molecule has 0 aliphatic rings. The Hall–Kier alpha value is -4.77. The zero-order valence-electron chi connectivity index (χ0n) is 18.6. The van der Waals surface area contributed by atoms with Gasteiger partial charge in [-0.1, -0.05) is 66.7 Å². The summed E-state index contributed by atoms with van der Waals surface area (Å²) in [6.45, 7) is 7.43. The van der Waals surface area contributed by atoms with Gasteiger partial charge in [0.1, 0.15) is 0 Å². The SMILES string of the molecule is [C-]#[N+]c1cc(C#N)cc(-c2cccc3c2sc2c(-c4ccc(-c5cccnc5)cc4)cccc23)c1. The molecule has 35 heavy (non-hydrogen) atoms. The molecule has 0 aliphatic heterocycles. The van der Waals surface area contributed by atoms with Crippen LogP contribution >= 0.6 is 11.3 Å². The number of pyridine rings is 1. The Balaban J connectivity index is 1.52. The summed E-state index contributed by atoms with van der Waals surface area (Å²) < 4.78 is 2.39. The summed E-state index contributed by atoms with van der Waals surface area (Å²) in [4.78, 5) is 7.80. The molecule has 0 saturated carbocycles. The van der Waals surface area contributed by atoms with E-state index in [2.05, 4.69) is 82.6 Å². The molecule has 6 rings (SSSR count). The van der Waals surface area contributed by atoms with Crippen molar-refractivity contribution >= 4 is 37.2 Å². The van der Waals surface area contributed by atoms with Crippen LogP contribution in [0.15, 0.2) is 103 Å². The molecule has 162 valence electrons. The van der Waals surface area contributed by atoms with Crippen LogP contribution in [-0.2, 0) is 0 Å². The van der Waals surface area contributed by atoms with E-state index < -0.39 is 0 Å². The average molecular weight is 464 g/mol. The Morgan fingerprint density at radius 2 is 1.40 bits per heavy atom. The summed E-state index contributed by atoms with van der Waals surface area (Å²) >= 11 is 1.76. The summed E-state index contributed by atoms with van der Waals surface area (Å²) in [7, 11) is 0. The van der Waals surface area contributed by atoms with Crippen molar-refractivity contribution < 1.29 is 0 Å². The zero-order valence-corrected chi connectivity index (χ0v) is 19.4. The molecule has 0 unspecified atom stereocenters. The van der Waals surface area contributed by atoms with Crippen molar-refractivity contribution in [2.75, 3.05) is 0 Å². The lowest BCUT2D eigenvalue weighted by Gasteiger charge is -2.06. The Kier molecular flexibility index (Phi) is 5.08. The van der Waals surface area contributed by atoms with Crippen LogP contribution in [0.25, 0.3) is 58.4 Å². The fourth-order valence-corrected chi connectivity index (χ4v) is 5.92. The lowest BCUT2D eigenvalue weighted by Crippen LogP contribution is -1.81.